The SMILES string of the molecule is NCCNC(=O)c1ccc2[nH]c(C(=O)Nc3ccc4[nH]c(C(=O)O)cc4c3)cc2c1. The summed E-state index contributed by atoms with van der Waals surface area (Å²) in [5, 5.41) is 16.0. The van der Waals surface area contributed by atoms with E-state index in [1.807, 2.05) is 0 Å². The number of amides is 2. The van der Waals surface area contributed by atoms with E-state index in [1.165, 1.54) is 6.07 Å². The highest BCUT2D eigenvalue weighted by Crippen LogP contribution is 2.22. The predicted octanol–water partition coefficient (Wildman–Crippen LogP) is 2.29. The summed E-state index contributed by atoms with van der Waals surface area (Å²) < 4.78 is 0. The summed E-state index contributed by atoms with van der Waals surface area (Å²) in [5.41, 5.74) is 8.22. The van der Waals surface area contributed by atoms with Crippen LogP contribution in [0, 0.1) is 0 Å². The molecule has 0 saturated heterocycles. The molecule has 152 valence electrons. The maximum absolute atomic E-state index is 12.7. The van der Waals surface area contributed by atoms with Crippen molar-refractivity contribution in [3.63, 3.8) is 0 Å². The molecule has 0 aliphatic rings. The summed E-state index contributed by atoms with van der Waals surface area (Å²) in [4.78, 5) is 41.7. The first-order chi connectivity index (χ1) is 14.4. The third-order valence-electron chi connectivity index (χ3n) is 4.67. The number of nitrogens with two attached hydrogens (primary N) is 1. The third kappa shape index (κ3) is 3.74. The van der Waals surface area contributed by atoms with Gasteiger partial charge in [-0.2, -0.15) is 0 Å². The number of benzene rings is 2. The van der Waals surface area contributed by atoms with Gasteiger partial charge >= 0.3 is 5.97 Å². The number of anilines is 1. The first-order valence-corrected chi connectivity index (χ1v) is 9.23. The highest BCUT2D eigenvalue weighted by atomic mass is 16.4. The summed E-state index contributed by atoms with van der Waals surface area (Å²) in [6.45, 7) is 0.742. The van der Waals surface area contributed by atoms with Gasteiger partial charge in [0.25, 0.3) is 11.8 Å². The average molecular weight is 405 g/mol. The van der Waals surface area contributed by atoms with E-state index in [4.69, 9.17) is 10.8 Å². The number of carboxylic acids is 1. The van der Waals surface area contributed by atoms with E-state index in [-0.39, 0.29) is 17.5 Å². The second-order valence-electron chi connectivity index (χ2n) is 6.77. The summed E-state index contributed by atoms with van der Waals surface area (Å²) >= 11 is 0. The van der Waals surface area contributed by atoms with E-state index in [0.29, 0.717) is 40.9 Å². The number of rotatable bonds is 6. The number of hydrogen-bond donors (Lipinski definition) is 6. The minimum atomic E-state index is -1.05. The van der Waals surface area contributed by atoms with Crippen LogP contribution in [0.1, 0.15) is 31.3 Å². The molecule has 0 bridgehead atoms. The Morgan fingerprint density at radius 1 is 0.867 bits per heavy atom. The molecule has 2 aromatic carbocycles. The molecule has 2 aromatic heterocycles. The maximum atomic E-state index is 12.7. The zero-order chi connectivity index (χ0) is 21.3. The minimum absolute atomic E-state index is 0.0791. The molecule has 9 nitrogen and oxygen atoms in total. The molecule has 0 saturated carbocycles. The maximum Gasteiger partial charge on any atom is 0.352 e. The zero-order valence-corrected chi connectivity index (χ0v) is 15.8. The number of H-pyrrole nitrogens is 2. The Morgan fingerprint density at radius 2 is 1.53 bits per heavy atom. The third-order valence-corrected chi connectivity index (χ3v) is 4.67. The fraction of sp³-hybridized carbons (Fsp3) is 0.0952. The van der Waals surface area contributed by atoms with Crippen LogP contribution in [0.25, 0.3) is 21.8 Å². The topological polar surface area (TPSA) is 153 Å². The highest BCUT2D eigenvalue weighted by Gasteiger charge is 2.13. The number of hydrogen-bond acceptors (Lipinski definition) is 4. The fourth-order valence-electron chi connectivity index (χ4n) is 3.21. The van der Waals surface area contributed by atoms with Crippen molar-refractivity contribution in [2.24, 2.45) is 5.73 Å². The predicted molar refractivity (Wildman–Crippen MR) is 113 cm³/mol. The molecule has 30 heavy (non-hydrogen) atoms. The number of aromatic amines is 2. The van der Waals surface area contributed by atoms with Gasteiger partial charge in [0.05, 0.1) is 0 Å². The standard InChI is InChI=1S/C21H19N5O4/c22-5-6-23-19(27)11-1-3-15-12(7-11)9-17(25-15)20(28)24-14-2-4-16-13(8-14)10-18(26-16)21(29)30/h1-4,7-10,25-26H,5-6,22H2,(H,23,27)(H,24,28)(H,29,30). The Hall–Kier alpha value is -4.11. The van der Waals surface area contributed by atoms with Gasteiger partial charge in [-0.3, -0.25) is 9.59 Å². The summed E-state index contributed by atoms with van der Waals surface area (Å²) in [5.74, 6) is -1.63. The minimum Gasteiger partial charge on any atom is -0.477 e. The molecule has 0 fully saturated rings. The lowest BCUT2D eigenvalue weighted by molar-refractivity contribution is 0.0691. The number of carboxylic acid groups (broad SMARTS) is 1. The average Bonchev–Trinajstić information content (AvgIpc) is 3.35. The van der Waals surface area contributed by atoms with Gasteiger partial charge < -0.3 is 31.4 Å². The van der Waals surface area contributed by atoms with Crippen LogP contribution in [0.5, 0.6) is 0 Å². The van der Waals surface area contributed by atoms with Crippen molar-refractivity contribution in [1.29, 1.82) is 0 Å². The van der Waals surface area contributed by atoms with Crippen molar-refractivity contribution in [2.75, 3.05) is 18.4 Å². The van der Waals surface area contributed by atoms with E-state index < -0.39 is 5.97 Å². The molecular weight excluding hydrogens is 386 g/mol. The van der Waals surface area contributed by atoms with Crippen LogP contribution in [0.15, 0.2) is 48.5 Å². The first-order valence-electron chi connectivity index (χ1n) is 9.23. The van der Waals surface area contributed by atoms with E-state index in [9.17, 15) is 14.4 Å². The van der Waals surface area contributed by atoms with E-state index in [2.05, 4.69) is 20.6 Å². The van der Waals surface area contributed by atoms with Crippen molar-refractivity contribution in [3.05, 3.63) is 65.5 Å². The first kappa shape index (κ1) is 19.2. The number of aromatic carboxylic acids is 1. The van der Waals surface area contributed by atoms with Crippen LogP contribution in [0.2, 0.25) is 0 Å². The van der Waals surface area contributed by atoms with Gasteiger partial charge in [0.15, 0.2) is 0 Å². The van der Waals surface area contributed by atoms with Crippen molar-refractivity contribution >= 4 is 45.3 Å². The molecular formula is C21H19N5O4. The normalized spacial score (nSPS) is 11.0. The number of carbonyl (C=O) groups is 3. The van der Waals surface area contributed by atoms with Crippen molar-refractivity contribution in [1.82, 2.24) is 15.3 Å². The zero-order valence-electron chi connectivity index (χ0n) is 15.8. The Bertz CT molecular complexity index is 1290. The lowest BCUT2D eigenvalue weighted by Crippen LogP contribution is -2.28. The monoisotopic (exact) mass is 405 g/mol. The molecule has 0 unspecified atom stereocenters. The van der Waals surface area contributed by atoms with Gasteiger partial charge in [-0.1, -0.05) is 0 Å². The second kappa shape index (κ2) is 7.72. The van der Waals surface area contributed by atoms with Crippen LogP contribution in [0.4, 0.5) is 5.69 Å². The Morgan fingerprint density at radius 3 is 2.27 bits per heavy atom. The van der Waals surface area contributed by atoms with Crippen LogP contribution in [-0.2, 0) is 0 Å². The molecule has 0 aliphatic carbocycles. The summed E-state index contributed by atoms with van der Waals surface area (Å²) in [7, 11) is 0. The fourth-order valence-corrected chi connectivity index (χ4v) is 3.21. The molecule has 0 atom stereocenters. The number of carbonyl (C=O) groups excluding carboxylic acids is 2. The van der Waals surface area contributed by atoms with Crippen molar-refractivity contribution < 1.29 is 19.5 Å². The van der Waals surface area contributed by atoms with Gasteiger partial charge in [-0.05, 0) is 48.5 Å². The van der Waals surface area contributed by atoms with Crippen LogP contribution in [0.3, 0.4) is 0 Å². The van der Waals surface area contributed by atoms with Crippen molar-refractivity contribution in [2.45, 2.75) is 0 Å². The summed E-state index contributed by atoms with van der Waals surface area (Å²) in [6, 6.07) is 13.4. The van der Waals surface area contributed by atoms with Crippen LogP contribution >= 0.6 is 0 Å². The molecule has 4 rings (SSSR count). The largest absolute Gasteiger partial charge is 0.477 e. The Labute approximate surface area is 170 Å². The molecule has 2 heterocycles. The van der Waals surface area contributed by atoms with Gasteiger partial charge in [0.2, 0.25) is 0 Å². The van der Waals surface area contributed by atoms with Crippen molar-refractivity contribution in [3.8, 4) is 0 Å². The molecule has 0 spiro atoms. The number of nitrogens with one attached hydrogen (secondary N) is 4. The molecule has 2 amide bonds. The number of aromatic nitrogens is 2. The molecule has 0 aliphatic heterocycles. The lowest BCUT2D eigenvalue weighted by Gasteiger charge is -2.03. The van der Waals surface area contributed by atoms with Crippen LogP contribution < -0.4 is 16.4 Å². The van der Waals surface area contributed by atoms with Gasteiger partial charge in [-0.15, -0.1) is 0 Å². The van der Waals surface area contributed by atoms with E-state index >= 15 is 0 Å². The van der Waals surface area contributed by atoms with Gasteiger partial charge in [-0.25, -0.2) is 4.79 Å². The Balaban J connectivity index is 1.54. The van der Waals surface area contributed by atoms with Gasteiger partial charge in [0, 0.05) is 46.1 Å². The summed E-state index contributed by atoms with van der Waals surface area (Å²) in [6.07, 6.45) is 0. The lowest BCUT2D eigenvalue weighted by atomic mass is 10.1. The molecule has 0 radical (unpaired) electrons. The Kier molecular flexibility index (Phi) is 4.95. The molecule has 4 aromatic rings. The molecule has 7 N–H and O–H groups in total. The smallest absolute Gasteiger partial charge is 0.352 e. The number of fused-ring (bicyclic) bond motifs is 2. The molecule has 9 heteroatoms. The second-order valence-corrected chi connectivity index (χ2v) is 6.77. The van der Waals surface area contributed by atoms with Gasteiger partial charge in [0.1, 0.15) is 11.4 Å². The van der Waals surface area contributed by atoms with E-state index in [1.54, 1.807) is 42.5 Å². The highest BCUT2D eigenvalue weighted by molar-refractivity contribution is 6.07. The van der Waals surface area contributed by atoms with Crippen LogP contribution in [-0.4, -0.2) is 45.9 Å². The van der Waals surface area contributed by atoms with E-state index in [0.717, 1.165) is 10.9 Å². The quantitative estimate of drug-likeness (QED) is 0.291.